The van der Waals surface area contributed by atoms with Crippen molar-refractivity contribution in [3.8, 4) is 0 Å². The maximum atomic E-state index is 12.5. The first-order valence-electron chi connectivity index (χ1n) is 7.38. The Morgan fingerprint density at radius 2 is 1.78 bits per heavy atom. The minimum Gasteiger partial charge on any atom is -0.361 e. The minimum absolute atomic E-state index is 0.351. The van der Waals surface area contributed by atoms with Crippen molar-refractivity contribution in [3.05, 3.63) is 71.9 Å². The van der Waals surface area contributed by atoms with Crippen LogP contribution >= 0.6 is 0 Å². The molecule has 2 heterocycles. The number of H-pyrrole nitrogens is 1. The van der Waals surface area contributed by atoms with E-state index in [2.05, 4.69) is 4.98 Å². The van der Waals surface area contributed by atoms with Gasteiger partial charge in [-0.1, -0.05) is 48.6 Å². The second kappa shape index (κ2) is 4.99. The highest BCUT2D eigenvalue weighted by Gasteiger charge is 2.31. The van der Waals surface area contributed by atoms with Gasteiger partial charge in [0, 0.05) is 22.7 Å². The maximum absolute atomic E-state index is 12.5. The van der Waals surface area contributed by atoms with Gasteiger partial charge in [-0.05, 0) is 17.7 Å². The number of aromatic amines is 1. The predicted octanol–water partition coefficient (Wildman–Crippen LogP) is 3.70. The lowest BCUT2D eigenvalue weighted by atomic mass is 9.99. The maximum Gasteiger partial charge on any atom is 0.233 e. The Morgan fingerprint density at radius 3 is 2.61 bits per heavy atom. The van der Waals surface area contributed by atoms with Crippen LogP contribution in [0.2, 0.25) is 0 Å². The van der Waals surface area contributed by atoms with Gasteiger partial charge in [0.1, 0.15) is 0 Å². The number of anilines is 1. The van der Waals surface area contributed by atoms with Crippen molar-refractivity contribution in [1.82, 2.24) is 4.98 Å². The van der Waals surface area contributed by atoms with Crippen molar-refractivity contribution in [1.29, 1.82) is 0 Å². The molecule has 5 heteroatoms. The second-order valence-corrected chi connectivity index (χ2v) is 7.57. The molecule has 1 aliphatic rings. The van der Waals surface area contributed by atoms with Crippen molar-refractivity contribution in [3.63, 3.8) is 0 Å². The lowest BCUT2D eigenvalue weighted by Crippen LogP contribution is -2.35. The molecule has 1 atom stereocenters. The summed E-state index contributed by atoms with van der Waals surface area (Å²) in [6.45, 7) is 0. The number of aromatic nitrogens is 1. The van der Waals surface area contributed by atoms with Crippen LogP contribution in [0.25, 0.3) is 17.0 Å². The fourth-order valence-electron chi connectivity index (χ4n) is 3.21. The van der Waals surface area contributed by atoms with Crippen LogP contribution in [0.4, 0.5) is 5.69 Å². The highest BCUT2D eigenvalue weighted by molar-refractivity contribution is 7.92. The molecule has 1 aliphatic heterocycles. The number of nitrogens with zero attached hydrogens (tertiary/aromatic N) is 1. The van der Waals surface area contributed by atoms with Gasteiger partial charge in [-0.15, -0.1) is 0 Å². The number of fused-ring (bicyclic) bond motifs is 2. The van der Waals surface area contributed by atoms with Gasteiger partial charge in [0.05, 0.1) is 18.0 Å². The van der Waals surface area contributed by atoms with Crippen molar-refractivity contribution in [2.75, 3.05) is 10.6 Å². The Balaban J connectivity index is 1.95. The van der Waals surface area contributed by atoms with E-state index in [1.807, 2.05) is 66.9 Å². The van der Waals surface area contributed by atoms with Crippen molar-refractivity contribution >= 4 is 32.7 Å². The molecule has 0 saturated carbocycles. The van der Waals surface area contributed by atoms with E-state index in [4.69, 9.17) is 0 Å². The highest BCUT2D eigenvalue weighted by Crippen LogP contribution is 2.40. The van der Waals surface area contributed by atoms with Gasteiger partial charge in [0.2, 0.25) is 10.0 Å². The summed E-state index contributed by atoms with van der Waals surface area (Å²) < 4.78 is 26.4. The molecular weight excluding hydrogens is 308 g/mol. The third-order valence-corrected chi connectivity index (χ3v) is 5.32. The number of benzene rings is 2. The SMILES string of the molecule is CS(=O)(=O)N1c2ccccc2C=CC1c1c[nH]c2ccccc12. The zero-order chi connectivity index (χ0) is 16.0. The molecule has 0 saturated heterocycles. The van der Waals surface area contributed by atoms with E-state index in [1.54, 1.807) is 0 Å². The Labute approximate surface area is 135 Å². The third kappa shape index (κ3) is 2.24. The lowest BCUT2D eigenvalue weighted by Gasteiger charge is -2.33. The molecule has 1 unspecified atom stereocenters. The molecular formula is C18H16N2O2S. The topological polar surface area (TPSA) is 53.2 Å². The Kier molecular flexibility index (Phi) is 3.06. The van der Waals surface area contributed by atoms with E-state index in [0.717, 1.165) is 22.0 Å². The lowest BCUT2D eigenvalue weighted by molar-refractivity contribution is 0.592. The van der Waals surface area contributed by atoms with E-state index in [9.17, 15) is 8.42 Å². The first kappa shape index (κ1) is 14.1. The summed E-state index contributed by atoms with van der Waals surface area (Å²) in [7, 11) is -3.41. The second-order valence-electron chi connectivity index (χ2n) is 5.71. The summed E-state index contributed by atoms with van der Waals surface area (Å²) >= 11 is 0. The fourth-order valence-corrected chi connectivity index (χ4v) is 4.33. The van der Waals surface area contributed by atoms with E-state index >= 15 is 0 Å². The minimum atomic E-state index is -3.41. The van der Waals surface area contributed by atoms with Crippen LogP contribution in [0, 0.1) is 0 Å². The number of nitrogens with one attached hydrogen (secondary N) is 1. The van der Waals surface area contributed by atoms with Gasteiger partial charge >= 0.3 is 0 Å². The van der Waals surface area contributed by atoms with E-state index < -0.39 is 10.0 Å². The Morgan fingerprint density at radius 1 is 1.04 bits per heavy atom. The quantitative estimate of drug-likeness (QED) is 0.781. The smallest absolute Gasteiger partial charge is 0.233 e. The van der Waals surface area contributed by atoms with Crippen LogP contribution in [0.3, 0.4) is 0 Å². The summed E-state index contributed by atoms with van der Waals surface area (Å²) in [5, 5.41) is 1.04. The van der Waals surface area contributed by atoms with Crippen LogP contribution in [0.5, 0.6) is 0 Å². The Bertz CT molecular complexity index is 1020. The molecule has 23 heavy (non-hydrogen) atoms. The molecule has 0 bridgehead atoms. The van der Waals surface area contributed by atoms with Crippen LogP contribution in [-0.4, -0.2) is 19.7 Å². The molecule has 0 fully saturated rings. The normalized spacial score (nSPS) is 17.4. The molecule has 3 aromatic rings. The largest absolute Gasteiger partial charge is 0.361 e. The number of rotatable bonds is 2. The van der Waals surface area contributed by atoms with Gasteiger partial charge in [-0.2, -0.15) is 0 Å². The average molecular weight is 324 g/mol. The van der Waals surface area contributed by atoms with Gasteiger partial charge in [-0.25, -0.2) is 8.42 Å². The number of sulfonamides is 1. The molecule has 4 nitrogen and oxygen atoms in total. The van der Waals surface area contributed by atoms with E-state index in [-0.39, 0.29) is 6.04 Å². The molecule has 2 aromatic carbocycles. The van der Waals surface area contributed by atoms with Crippen molar-refractivity contribution in [2.45, 2.75) is 6.04 Å². The van der Waals surface area contributed by atoms with E-state index in [0.29, 0.717) is 5.69 Å². The van der Waals surface area contributed by atoms with Gasteiger partial charge in [0.15, 0.2) is 0 Å². The first-order valence-corrected chi connectivity index (χ1v) is 9.23. The van der Waals surface area contributed by atoms with Crippen LogP contribution < -0.4 is 4.31 Å². The van der Waals surface area contributed by atoms with E-state index in [1.165, 1.54) is 10.6 Å². The summed E-state index contributed by atoms with van der Waals surface area (Å²) in [6, 6.07) is 15.1. The predicted molar refractivity (Wildman–Crippen MR) is 93.8 cm³/mol. The summed E-state index contributed by atoms with van der Waals surface area (Å²) in [5.41, 5.74) is 3.58. The summed E-state index contributed by atoms with van der Waals surface area (Å²) in [5.74, 6) is 0. The number of para-hydroxylation sites is 2. The van der Waals surface area contributed by atoms with Crippen LogP contribution in [0.1, 0.15) is 17.2 Å². The first-order chi connectivity index (χ1) is 11.1. The number of hydrogen-bond donors (Lipinski definition) is 1. The molecule has 0 amide bonds. The number of hydrogen-bond acceptors (Lipinski definition) is 2. The monoisotopic (exact) mass is 324 g/mol. The standard InChI is InChI=1S/C18H16N2O2S/c1-23(21,22)20-17-9-5-2-6-13(17)10-11-18(20)15-12-19-16-8-4-3-7-14(15)16/h2-12,18-19H,1H3. The average Bonchev–Trinajstić information content (AvgIpc) is 2.96. The van der Waals surface area contributed by atoms with Gasteiger partial charge < -0.3 is 4.98 Å². The zero-order valence-corrected chi connectivity index (χ0v) is 13.4. The molecule has 0 aliphatic carbocycles. The van der Waals surface area contributed by atoms with Crippen molar-refractivity contribution < 1.29 is 8.42 Å². The van der Waals surface area contributed by atoms with Crippen molar-refractivity contribution in [2.24, 2.45) is 0 Å². The van der Waals surface area contributed by atoms with Gasteiger partial charge in [0.25, 0.3) is 0 Å². The highest BCUT2D eigenvalue weighted by atomic mass is 32.2. The van der Waals surface area contributed by atoms with Crippen LogP contribution in [0.15, 0.2) is 60.8 Å². The zero-order valence-electron chi connectivity index (χ0n) is 12.6. The molecule has 0 spiro atoms. The summed E-state index contributed by atoms with van der Waals surface area (Å²) in [4.78, 5) is 3.23. The molecule has 116 valence electrons. The fraction of sp³-hybridized carbons (Fsp3) is 0.111. The van der Waals surface area contributed by atoms with Gasteiger partial charge in [-0.3, -0.25) is 4.31 Å². The molecule has 0 radical (unpaired) electrons. The molecule has 1 N–H and O–H groups in total. The third-order valence-electron chi connectivity index (χ3n) is 4.18. The Hall–Kier alpha value is -2.53. The molecule has 1 aromatic heterocycles. The summed E-state index contributed by atoms with van der Waals surface area (Å²) in [6.07, 6.45) is 7.08. The molecule has 4 rings (SSSR count). The van der Waals surface area contributed by atoms with Crippen LogP contribution in [-0.2, 0) is 10.0 Å².